The molecule has 110 valence electrons. The van der Waals surface area contributed by atoms with Crippen LogP contribution in [-0.4, -0.2) is 28.1 Å². The van der Waals surface area contributed by atoms with E-state index in [0.29, 0.717) is 18.7 Å². The Morgan fingerprint density at radius 2 is 2.00 bits per heavy atom. The number of rotatable bonds is 7. The van der Waals surface area contributed by atoms with E-state index in [1.54, 1.807) is 18.3 Å². The molecular weight excluding hydrogens is 270 g/mol. The van der Waals surface area contributed by atoms with E-state index < -0.39 is 11.0 Å². The number of aliphatic hydroxyl groups excluding tert-OH is 1. The number of hydrogen-bond acceptors (Lipinski definition) is 5. The zero-order valence-electron chi connectivity index (χ0n) is 11.5. The summed E-state index contributed by atoms with van der Waals surface area (Å²) in [6, 6.07) is 11.7. The summed E-state index contributed by atoms with van der Waals surface area (Å²) >= 11 is 0. The quantitative estimate of drug-likeness (QED) is 0.461. The highest BCUT2D eigenvalue weighted by atomic mass is 16.6. The molecule has 1 aromatic heterocycles. The van der Waals surface area contributed by atoms with E-state index in [9.17, 15) is 15.2 Å². The van der Waals surface area contributed by atoms with Gasteiger partial charge >= 0.3 is 0 Å². The zero-order chi connectivity index (χ0) is 15.1. The van der Waals surface area contributed by atoms with Gasteiger partial charge < -0.3 is 10.4 Å². The number of benzene rings is 1. The molecular formula is C15H17N3O3. The Morgan fingerprint density at radius 3 is 2.62 bits per heavy atom. The van der Waals surface area contributed by atoms with Gasteiger partial charge in [-0.15, -0.1) is 0 Å². The molecule has 0 bridgehead atoms. The predicted octanol–water partition coefficient (Wildman–Crippen LogP) is 1.86. The molecule has 0 fully saturated rings. The first-order chi connectivity index (χ1) is 10.2. The SMILES string of the molecule is O=[N+]([O-])c1ccc(C(O)CNCCc2ccccn2)cc1. The summed E-state index contributed by atoms with van der Waals surface area (Å²) in [5, 5.41) is 23.7. The highest BCUT2D eigenvalue weighted by Crippen LogP contribution is 2.17. The fourth-order valence-corrected chi connectivity index (χ4v) is 1.94. The third-order valence-corrected chi connectivity index (χ3v) is 3.11. The number of nitrogens with zero attached hydrogens (tertiary/aromatic N) is 2. The van der Waals surface area contributed by atoms with Crippen LogP contribution in [0.15, 0.2) is 48.7 Å². The highest BCUT2D eigenvalue weighted by molar-refractivity contribution is 5.33. The van der Waals surface area contributed by atoms with E-state index >= 15 is 0 Å². The fourth-order valence-electron chi connectivity index (χ4n) is 1.94. The second-order valence-corrected chi connectivity index (χ2v) is 4.64. The van der Waals surface area contributed by atoms with Gasteiger partial charge in [-0.2, -0.15) is 0 Å². The van der Waals surface area contributed by atoms with E-state index in [1.807, 2.05) is 18.2 Å². The second kappa shape index (κ2) is 7.47. The third kappa shape index (κ3) is 4.62. The van der Waals surface area contributed by atoms with Gasteiger partial charge in [0.25, 0.3) is 5.69 Å². The van der Waals surface area contributed by atoms with Gasteiger partial charge in [0.15, 0.2) is 0 Å². The molecule has 6 heteroatoms. The molecule has 0 saturated heterocycles. The van der Waals surface area contributed by atoms with Crippen LogP contribution < -0.4 is 5.32 Å². The smallest absolute Gasteiger partial charge is 0.269 e. The molecule has 0 saturated carbocycles. The average Bonchev–Trinajstić information content (AvgIpc) is 2.52. The third-order valence-electron chi connectivity index (χ3n) is 3.11. The molecule has 1 unspecified atom stereocenters. The molecule has 0 aliphatic carbocycles. The van der Waals surface area contributed by atoms with Crippen molar-refractivity contribution in [2.75, 3.05) is 13.1 Å². The lowest BCUT2D eigenvalue weighted by Gasteiger charge is -2.12. The van der Waals surface area contributed by atoms with E-state index in [-0.39, 0.29) is 5.69 Å². The summed E-state index contributed by atoms with van der Waals surface area (Å²) in [5.41, 5.74) is 1.68. The minimum atomic E-state index is -0.686. The van der Waals surface area contributed by atoms with Crippen molar-refractivity contribution in [1.82, 2.24) is 10.3 Å². The minimum absolute atomic E-state index is 0.0223. The Balaban J connectivity index is 1.76. The molecule has 0 amide bonds. The van der Waals surface area contributed by atoms with Crippen LogP contribution >= 0.6 is 0 Å². The maximum Gasteiger partial charge on any atom is 0.269 e. The van der Waals surface area contributed by atoms with Crippen LogP contribution in [0.2, 0.25) is 0 Å². The topological polar surface area (TPSA) is 88.3 Å². The van der Waals surface area contributed by atoms with Crippen molar-refractivity contribution in [2.24, 2.45) is 0 Å². The van der Waals surface area contributed by atoms with E-state index in [1.165, 1.54) is 12.1 Å². The molecule has 2 aromatic rings. The van der Waals surface area contributed by atoms with Crippen LogP contribution in [0.4, 0.5) is 5.69 Å². The number of hydrogen-bond donors (Lipinski definition) is 2. The van der Waals surface area contributed by atoms with Gasteiger partial charge in [-0.1, -0.05) is 6.07 Å². The molecule has 1 aromatic carbocycles. The summed E-state index contributed by atoms with van der Waals surface area (Å²) in [7, 11) is 0. The van der Waals surface area contributed by atoms with E-state index in [0.717, 1.165) is 12.1 Å². The maximum atomic E-state index is 10.6. The number of non-ortho nitro benzene ring substituents is 1. The van der Waals surface area contributed by atoms with E-state index in [4.69, 9.17) is 0 Å². The summed E-state index contributed by atoms with van der Waals surface area (Å²) in [6.45, 7) is 1.10. The van der Waals surface area contributed by atoms with Crippen molar-refractivity contribution >= 4 is 5.69 Å². The lowest BCUT2D eigenvalue weighted by atomic mass is 10.1. The van der Waals surface area contributed by atoms with Crippen molar-refractivity contribution in [3.63, 3.8) is 0 Å². The van der Waals surface area contributed by atoms with Gasteiger partial charge in [-0.05, 0) is 29.8 Å². The van der Waals surface area contributed by atoms with Crippen LogP contribution in [-0.2, 0) is 6.42 Å². The standard InChI is InChI=1S/C15H17N3O3/c19-15(12-4-6-14(7-5-12)18(20)21)11-16-10-8-13-3-1-2-9-17-13/h1-7,9,15-16,19H,8,10-11H2. The molecule has 2 N–H and O–H groups in total. The number of aliphatic hydroxyl groups is 1. The largest absolute Gasteiger partial charge is 0.387 e. The van der Waals surface area contributed by atoms with Crippen molar-refractivity contribution < 1.29 is 10.0 Å². The van der Waals surface area contributed by atoms with Crippen molar-refractivity contribution in [3.05, 3.63) is 70.0 Å². The highest BCUT2D eigenvalue weighted by Gasteiger charge is 2.10. The Bertz CT molecular complexity index is 572. The number of nitro benzene ring substituents is 1. The van der Waals surface area contributed by atoms with Crippen molar-refractivity contribution in [2.45, 2.75) is 12.5 Å². The molecule has 6 nitrogen and oxygen atoms in total. The number of pyridine rings is 1. The number of aromatic nitrogens is 1. The van der Waals surface area contributed by atoms with Crippen molar-refractivity contribution in [3.8, 4) is 0 Å². The Hall–Kier alpha value is -2.31. The minimum Gasteiger partial charge on any atom is -0.387 e. The molecule has 0 aliphatic rings. The molecule has 1 atom stereocenters. The van der Waals surface area contributed by atoms with Gasteiger partial charge in [0.05, 0.1) is 11.0 Å². The number of nitrogens with one attached hydrogen (secondary N) is 1. The Kier molecular flexibility index (Phi) is 5.36. The lowest BCUT2D eigenvalue weighted by molar-refractivity contribution is -0.384. The normalized spacial score (nSPS) is 12.0. The van der Waals surface area contributed by atoms with Gasteiger partial charge in [-0.3, -0.25) is 15.1 Å². The lowest BCUT2D eigenvalue weighted by Crippen LogP contribution is -2.24. The first kappa shape index (κ1) is 15.1. The summed E-state index contributed by atoms with van der Waals surface area (Å²) in [6.07, 6.45) is 1.85. The van der Waals surface area contributed by atoms with Crippen molar-refractivity contribution in [1.29, 1.82) is 0 Å². The second-order valence-electron chi connectivity index (χ2n) is 4.64. The van der Waals surface area contributed by atoms with Crippen LogP contribution in [0.1, 0.15) is 17.4 Å². The van der Waals surface area contributed by atoms with Gasteiger partial charge in [0.1, 0.15) is 0 Å². The monoisotopic (exact) mass is 287 g/mol. The summed E-state index contributed by atoms with van der Waals surface area (Å²) in [5.74, 6) is 0. The Morgan fingerprint density at radius 1 is 1.24 bits per heavy atom. The van der Waals surface area contributed by atoms with E-state index in [2.05, 4.69) is 10.3 Å². The summed E-state index contributed by atoms with van der Waals surface area (Å²) < 4.78 is 0. The van der Waals surface area contributed by atoms with Crippen LogP contribution in [0.5, 0.6) is 0 Å². The molecule has 21 heavy (non-hydrogen) atoms. The molecule has 1 heterocycles. The number of nitro groups is 1. The molecule has 2 rings (SSSR count). The van der Waals surface area contributed by atoms with Crippen LogP contribution in [0.25, 0.3) is 0 Å². The van der Waals surface area contributed by atoms with Crippen LogP contribution in [0.3, 0.4) is 0 Å². The molecule has 0 radical (unpaired) electrons. The maximum absolute atomic E-state index is 10.6. The van der Waals surface area contributed by atoms with Crippen LogP contribution in [0, 0.1) is 10.1 Å². The Labute approximate surface area is 122 Å². The summed E-state index contributed by atoms with van der Waals surface area (Å²) in [4.78, 5) is 14.3. The van der Waals surface area contributed by atoms with Gasteiger partial charge in [0, 0.05) is 43.5 Å². The van der Waals surface area contributed by atoms with Gasteiger partial charge in [-0.25, -0.2) is 0 Å². The molecule has 0 spiro atoms. The molecule has 0 aliphatic heterocycles. The van der Waals surface area contributed by atoms with Gasteiger partial charge in [0.2, 0.25) is 0 Å². The first-order valence-electron chi connectivity index (χ1n) is 6.70. The average molecular weight is 287 g/mol. The predicted molar refractivity (Wildman–Crippen MR) is 78.9 cm³/mol. The zero-order valence-corrected chi connectivity index (χ0v) is 11.5. The first-order valence-corrected chi connectivity index (χ1v) is 6.70. The fraction of sp³-hybridized carbons (Fsp3) is 0.267.